The lowest BCUT2D eigenvalue weighted by atomic mass is 10.1. The zero-order valence-corrected chi connectivity index (χ0v) is 17.9. The van der Waals surface area contributed by atoms with Crippen molar-refractivity contribution in [2.75, 3.05) is 0 Å². The Morgan fingerprint density at radius 3 is 2.48 bits per heavy atom. The summed E-state index contributed by atoms with van der Waals surface area (Å²) in [5.74, 6) is 0.117. The molecule has 0 aliphatic heterocycles. The van der Waals surface area contributed by atoms with Crippen LogP contribution in [0.3, 0.4) is 0 Å². The number of halogens is 2. The molecule has 0 aliphatic carbocycles. The van der Waals surface area contributed by atoms with E-state index in [-0.39, 0.29) is 11.3 Å². The zero-order valence-electron chi connectivity index (χ0n) is 15.5. The molecular formula is C22H18BrClN2O3. The smallest absolute Gasteiger partial charge is 0.275 e. The summed E-state index contributed by atoms with van der Waals surface area (Å²) in [5, 5.41) is 14.6. The fourth-order valence-corrected chi connectivity index (χ4v) is 2.98. The first-order valence-electron chi connectivity index (χ1n) is 8.73. The Balaban J connectivity index is 1.60. The van der Waals surface area contributed by atoms with E-state index in [9.17, 15) is 9.90 Å². The van der Waals surface area contributed by atoms with E-state index >= 15 is 0 Å². The predicted molar refractivity (Wildman–Crippen MR) is 118 cm³/mol. The summed E-state index contributed by atoms with van der Waals surface area (Å²) >= 11 is 9.15. The number of hydrogen-bond acceptors (Lipinski definition) is 4. The maximum Gasteiger partial charge on any atom is 0.275 e. The Labute approximate surface area is 182 Å². The molecular weight excluding hydrogens is 456 g/mol. The van der Waals surface area contributed by atoms with E-state index in [0.717, 1.165) is 16.9 Å². The number of nitrogens with one attached hydrogen (secondary N) is 1. The molecule has 3 aromatic rings. The first-order chi connectivity index (χ1) is 13.9. The molecule has 0 atom stereocenters. The lowest BCUT2D eigenvalue weighted by molar-refractivity contribution is 0.0952. The molecule has 0 aliphatic rings. The Morgan fingerprint density at radius 1 is 1.10 bits per heavy atom. The molecule has 0 bridgehead atoms. The van der Waals surface area contributed by atoms with Crippen LogP contribution < -0.4 is 10.2 Å². The molecule has 0 unspecified atom stereocenters. The lowest BCUT2D eigenvalue weighted by Crippen LogP contribution is -2.19. The molecule has 3 rings (SSSR count). The number of benzene rings is 3. The summed E-state index contributed by atoms with van der Waals surface area (Å²) < 4.78 is 6.45. The number of ether oxygens (including phenoxy) is 1. The van der Waals surface area contributed by atoms with E-state index in [4.69, 9.17) is 16.3 Å². The maximum absolute atomic E-state index is 12.2. The molecule has 0 fully saturated rings. The van der Waals surface area contributed by atoms with Crippen LogP contribution in [-0.2, 0) is 6.61 Å². The fourth-order valence-electron chi connectivity index (χ4n) is 2.49. The number of aromatic hydroxyl groups is 1. The van der Waals surface area contributed by atoms with Gasteiger partial charge in [-0.1, -0.05) is 39.7 Å². The number of phenols is 1. The monoisotopic (exact) mass is 472 g/mol. The summed E-state index contributed by atoms with van der Waals surface area (Å²) in [4.78, 5) is 12.2. The van der Waals surface area contributed by atoms with Crippen LogP contribution in [0.25, 0.3) is 0 Å². The number of nitrogens with zero attached hydrogens (tertiary/aromatic N) is 1. The van der Waals surface area contributed by atoms with E-state index in [1.807, 2.05) is 48.5 Å². The van der Waals surface area contributed by atoms with Gasteiger partial charge in [-0.05, 0) is 72.6 Å². The number of amides is 1. The van der Waals surface area contributed by atoms with Crippen molar-refractivity contribution in [1.82, 2.24) is 5.43 Å². The van der Waals surface area contributed by atoms with Gasteiger partial charge in [-0.3, -0.25) is 4.79 Å². The van der Waals surface area contributed by atoms with Gasteiger partial charge in [0.2, 0.25) is 0 Å². The Kier molecular flexibility index (Phi) is 6.90. The van der Waals surface area contributed by atoms with Crippen LogP contribution in [0.4, 0.5) is 0 Å². The highest BCUT2D eigenvalue weighted by atomic mass is 79.9. The van der Waals surface area contributed by atoms with Gasteiger partial charge in [-0.2, -0.15) is 5.10 Å². The van der Waals surface area contributed by atoms with Crippen LogP contribution >= 0.6 is 27.5 Å². The first kappa shape index (κ1) is 20.9. The van der Waals surface area contributed by atoms with Crippen molar-refractivity contribution in [1.29, 1.82) is 0 Å². The number of carbonyl (C=O) groups excluding carboxylic acids is 1. The topological polar surface area (TPSA) is 70.9 Å². The molecule has 148 valence electrons. The van der Waals surface area contributed by atoms with Gasteiger partial charge in [0.05, 0.1) is 11.3 Å². The second-order valence-corrected chi connectivity index (χ2v) is 7.59. The largest absolute Gasteiger partial charge is 0.507 e. The first-order valence-corrected chi connectivity index (χ1v) is 9.90. The average Bonchev–Trinajstić information content (AvgIpc) is 2.73. The minimum Gasteiger partial charge on any atom is -0.507 e. The highest BCUT2D eigenvalue weighted by Gasteiger charge is 2.11. The third-order valence-corrected chi connectivity index (χ3v) is 4.86. The number of hydrazone groups is 1. The maximum atomic E-state index is 12.2. The molecule has 5 nitrogen and oxygen atoms in total. The third kappa shape index (κ3) is 5.82. The van der Waals surface area contributed by atoms with Gasteiger partial charge >= 0.3 is 0 Å². The van der Waals surface area contributed by atoms with Gasteiger partial charge < -0.3 is 9.84 Å². The van der Waals surface area contributed by atoms with Crippen LogP contribution in [0.5, 0.6) is 11.5 Å². The van der Waals surface area contributed by atoms with Gasteiger partial charge in [-0.25, -0.2) is 5.43 Å². The van der Waals surface area contributed by atoms with Crippen molar-refractivity contribution in [3.05, 3.63) is 92.9 Å². The van der Waals surface area contributed by atoms with Crippen LogP contribution in [0.15, 0.2) is 76.3 Å². The van der Waals surface area contributed by atoms with E-state index in [1.54, 1.807) is 13.0 Å². The Bertz CT molecular complexity index is 1030. The molecule has 0 saturated carbocycles. The summed E-state index contributed by atoms with van der Waals surface area (Å²) in [7, 11) is 0. The summed E-state index contributed by atoms with van der Waals surface area (Å²) in [6.45, 7) is 2.22. The standard InChI is InChI=1S/C22H18BrClN2O3/c1-14(25-26-22(28)20-12-17(23)6-11-21(20)27)16-4-9-19(10-5-16)29-13-15-2-7-18(24)8-3-15/h2-12,27H,13H2,1H3,(H,26,28)/b25-14-. The quantitative estimate of drug-likeness (QED) is 0.365. The second kappa shape index (κ2) is 9.58. The van der Waals surface area contributed by atoms with Gasteiger partial charge in [0.1, 0.15) is 18.1 Å². The number of hydrogen-bond donors (Lipinski definition) is 2. The molecule has 0 aromatic heterocycles. The van der Waals surface area contributed by atoms with Crippen LogP contribution in [0.1, 0.15) is 28.4 Å². The predicted octanol–water partition coefficient (Wildman–Crippen LogP) is 5.54. The van der Waals surface area contributed by atoms with Crippen molar-refractivity contribution < 1.29 is 14.6 Å². The molecule has 7 heteroatoms. The van der Waals surface area contributed by atoms with Crippen LogP contribution in [0, 0.1) is 0 Å². The Morgan fingerprint density at radius 2 is 1.79 bits per heavy atom. The Hall–Kier alpha value is -2.83. The van der Waals surface area contributed by atoms with Crippen molar-refractivity contribution in [2.45, 2.75) is 13.5 Å². The lowest BCUT2D eigenvalue weighted by Gasteiger charge is -2.08. The number of rotatable bonds is 6. The van der Waals surface area contributed by atoms with Crippen LogP contribution in [0.2, 0.25) is 5.02 Å². The van der Waals surface area contributed by atoms with Crippen molar-refractivity contribution in [3.8, 4) is 11.5 Å². The molecule has 0 radical (unpaired) electrons. The average molecular weight is 474 g/mol. The van der Waals surface area contributed by atoms with Crippen LogP contribution in [-0.4, -0.2) is 16.7 Å². The second-order valence-electron chi connectivity index (χ2n) is 6.24. The van der Waals surface area contributed by atoms with E-state index in [0.29, 0.717) is 21.8 Å². The highest BCUT2D eigenvalue weighted by Crippen LogP contribution is 2.21. The number of carbonyl (C=O) groups is 1. The fraction of sp³-hybridized carbons (Fsp3) is 0.0909. The SMILES string of the molecule is C/C(=N/NC(=O)c1cc(Br)ccc1O)c1ccc(OCc2ccc(Cl)cc2)cc1. The van der Waals surface area contributed by atoms with Gasteiger partial charge in [0, 0.05) is 9.50 Å². The molecule has 0 saturated heterocycles. The van der Waals surface area contributed by atoms with E-state index < -0.39 is 5.91 Å². The summed E-state index contributed by atoms with van der Waals surface area (Å²) in [6, 6.07) is 19.5. The molecule has 3 aromatic carbocycles. The summed E-state index contributed by atoms with van der Waals surface area (Å²) in [6.07, 6.45) is 0. The summed E-state index contributed by atoms with van der Waals surface area (Å²) in [5.41, 5.74) is 5.08. The van der Waals surface area contributed by atoms with E-state index in [1.165, 1.54) is 12.1 Å². The van der Waals surface area contributed by atoms with Gasteiger partial charge in [0.15, 0.2) is 0 Å². The third-order valence-electron chi connectivity index (χ3n) is 4.12. The minimum atomic E-state index is -0.494. The van der Waals surface area contributed by atoms with Gasteiger partial charge in [0.25, 0.3) is 5.91 Å². The molecule has 2 N–H and O–H groups in total. The van der Waals surface area contributed by atoms with Crippen molar-refractivity contribution in [2.24, 2.45) is 5.10 Å². The van der Waals surface area contributed by atoms with Crippen molar-refractivity contribution in [3.63, 3.8) is 0 Å². The molecule has 1 amide bonds. The molecule has 0 spiro atoms. The normalized spacial score (nSPS) is 11.2. The van der Waals surface area contributed by atoms with Crippen molar-refractivity contribution >= 4 is 39.1 Å². The minimum absolute atomic E-state index is 0.110. The highest BCUT2D eigenvalue weighted by molar-refractivity contribution is 9.10. The molecule has 0 heterocycles. The molecule has 29 heavy (non-hydrogen) atoms. The zero-order chi connectivity index (χ0) is 20.8. The number of phenolic OH excluding ortho intramolecular Hbond substituents is 1. The van der Waals surface area contributed by atoms with E-state index in [2.05, 4.69) is 26.5 Å². The van der Waals surface area contributed by atoms with Gasteiger partial charge in [-0.15, -0.1) is 0 Å².